The van der Waals surface area contributed by atoms with E-state index in [1.54, 1.807) is 12.1 Å². The van der Waals surface area contributed by atoms with Gasteiger partial charge in [0.15, 0.2) is 0 Å². The lowest BCUT2D eigenvalue weighted by atomic mass is 10.0. The number of aliphatic hydroxyl groups is 1. The van der Waals surface area contributed by atoms with E-state index in [4.69, 9.17) is 0 Å². The number of hydrogen-bond donors (Lipinski definition) is 4. The number of nitrogens with one attached hydrogen (secondary N) is 2. The Balaban J connectivity index is 1.51. The first-order chi connectivity index (χ1) is 12.6. The summed E-state index contributed by atoms with van der Waals surface area (Å²) in [6.45, 7) is 1.25. The van der Waals surface area contributed by atoms with Crippen LogP contribution in [-0.2, 0) is 6.42 Å². The number of aromatic nitrogens is 1. The fourth-order valence-corrected chi connectivity index (χ4v) is 3.12. The number of aromatic hydroxyl groups is 1. The van der Waals surface area contributed by atoms with E-state index in [0.29, 0.717) is 23.0 Å². The molecule has 26 heavy (non-hydrogen) atoms. The third-order valence-corrected chi connectivity index (χ3v) is 4.52. The van der Waals surface area contributed by atoms with E-state index in [0.717, 1.165) is 25.8 Å². The van der Waals surface area contributed by atoms with Crippen molar-refractivity contribution in [1.29, 1.82) is 0 Å². The number of pyridine rings is 1. The number of phenolic OH excluding ortho intramolecular Hbond substituents is 1. The van der Waals surface area contributed by atoms with Gasteiger partial charge in [0.25, 0.3) is 0 Å². The molecule has 3 rings (SSSR count). The van der Waals surface area contributed by atoms with Gasteiger partial charge in [0.2, 0.25) is 5.56 Å². The summed E-state index contributed by atoms with van der Waals surface area (Å²) in [6.07, 6.45) is 2.47. The Bertz CT molecular complexity index is 906. The molecule has 0 saturated carbocycles. The van der Waals surface area contributed by atoms with Gasteiger partial charge >= 0.3 is 0 Å². The van der Waals surface area contributed by atoms with E-state index >= 15 is 0 Å². The molecule has 1 unspecified atom stereocenters. The monoisotopic (exact) mass is 352 g/mol. The first-order valence-electron chi connectivity index (χ1n) is 8.93. The normalized spacial score (nSPS) is 12.3. The summed E-state index contributed by atoms with van der Waals surface area (Å²) in [4.78, 5) is 14.1. The summed E-state index contributed by atoms with van der Waals surface area (Å²) in [7, 11) is 0. The lowest BCUT2D eigenvalue weighted by Crippen LogP contribution is -2.23. The van der Waals surface area contributed by atoms with Crippen LogP contribution in [0.4, 0.5) is 0 Å². The quantitative estimate of drug-likeness (QED) is 0.470. The summed E-state index contributed by atoms with van der Waals surface area (Å²) in [5, 5.41) is 24.3. The van der Waals surface area contributed by atoms with E-state index < -0.39 is 6.10 Å². The molecule has 0 radical (unpaired) electrons. The third-order valence-electron chi connectivity index (χ3n) is 4.52. The molecule has 4 N–H and O–H groups in total. The van der Waals surface area contributed by atoms with Crippen LogP contribution < -0.4 is 10.9 Å². The molecule has 5 nitrogen and oxygen atoms in total. The number of rotatable bonds is 8. The van der Waals surface area contributed by atoms with Gasteiger partial charge < -0.3 is 20.5 Å². The molecule has 136 valence electrons. The summed E-state index contributed by atoms with van der Waals surface area (Å²) in [6, 6.07) is 16.6. The molecule has 0 aliphatic rings. The molecular formula is C21H24N2O3. The standard InChI is InChI=1S/C21H24N2O3/c24-18-11-9-16(17-10-12-20(26)23-21(17)18)19(25)14-22-13-5-4-8-15-6-2-1-3-7-15/h1-3,6-7,9-12,19,22,24-25H,4-5,8,13-14H2,(H,23,26). The lowest BCUT2D eigenvalue weighted by molar-refractivity contribution is 0.176. The van der Waals surface area contributed by atoms with Gasteiger partial charge in [-0.3, -0.25) is 4.79 Å². The SMILES string of the molecule is O=c1ccc2c(C(O)CNCCCCc3ccccc3)ccc(O)c2[nH]1. The van der Waals surface area contributed by atoms with Gasteiger partial charge in [-0.2, -0.15) is 0 Å². The number of unbranched alkanes of at least 4 members (excludes halogenated alkanes) is 1. The Labute approximate surface area is 152 Å². The second-order valence-electron chi connectivity index (χ2n) is 6.45. The summed E-state index contributed by atoms with van der Waals surface area (Å²) >= 11 is 0. The van der Waals surface area contributed by atoms with Crippen LogP contribution in [0.5, 0.6) is 5.75 Å². The molecule has 0 spiro atoms. The number of aromatic amines is 1. The first-order valence-corrected chi connectivity index (χ1v) is 8.93. The van der Waals surface area contributed by atoms with Gasteiger partial charge in [0.1, 0.15) is 5.75 Å². The van der Waals surface area contributed by atoms with Gasteiger partial charge in [-0.25, -0.2) is 0 Å². The molecule has 0 aliphatic carbocycles. The Morgan fingerprint density at radius 1 is 1.00 bits per heavy atom. The van der Waals surface area contributed by atoms with Crippen molar-refractivity contribution >= 4 is 10.9 Å². The molecule has 2 aromatic carbocycles. The topological polar surface area (TPSA) is 85.3 Å². The van der Waals surface area contributed by atoms with Gasteiger partial charge in [0.05, 0.1) is 11.6 Å². The Hall–Kier alpha value is -2.63. The van der Waals surface area contributed by atoms with Crippen LogP contribution in [-0.4, -0.2) is 28.3 Å². The summed E-state index contributed by atoms with van der Waals surface area (Å²) in [5.41, 5.74) is 2.11. The summed E-state index contributed by atoms with van der Waals surface area (Å²) < 4.78 is 0. The van der Waals surface area contributed by atoms with Crippen LogP contribution in [0.15, 0.2) is 59.4 Å². The number of fused-ring (bicyclic) bond motifs is 1. The van der Waals surface area contributed by atoms with E-state index in [2.05, 4.69) is 34.6 Å². The minimum atomic E-state index is -0.710. The predicted molar refractivity (Wildman–Crippen MR) is 103 cm³/mol. The largest absolute Gasteiger partial charge is 0.506 e. The highest BCUT2D eigenvalue weighted by atomic mass is 16.3. The Kier molecular flexibility index (Phi) is 6.04. The van der Waals surface area contributed by atoms with Crippen LogP contribution in [0.2, 0.25) is 0 Å². The van der Waals surface area contributed by atoms with Crippen LogP contribution in [0, 0.1) is 0 Å². The average molecular weight is 352 g/mol. The third kappa shape index (κ3) is 4.50. The molecule has 0 saturated heterocycles. The molecule has 1 heterocycles. The zero-order valence-electron chi connectivity index (χ0n) is 14.6. The zero-order chi connectivity index (χ0) is 18.4. The van der Waals surface area contributed by atoms with Gasteiger partial charge in [0, 0.05) is 18.0 Å². The van der Waals surface area contributed by atoms with Gasteiger partial charge in [-0.05, 0) is 49.1 Å². The zero-order valence-corrected chi connectivity index (χ0v) is 14.6. The van der Waals surface area contributed by atoms with Crippen molar-refractivity contribution in [1.82, 2.24) is 10.3 Å². The summed E-state index contributed by atoms with van der Waals surface area (Å²) in [5.74, 6) is 0.00233. The predicted octanol–water partition coefficient (Wildman–Crippen LogP) is 2.88. The molecule has 0 fully saturated rings. The minimum Gasteiger partial charge on any atom is -0.506 e. The van der Waals surface area contributed by atoms with Crippen molar-refractivity contribution in [3.05, 3.63) is 76.1 Å². The van der Waals surface area contributed by atoms with Crippen LogP contribution in [0.25, 0.3) is 10.9 Å². The lowest BCUT2D eigenvalue weighted by Gasteiger charge is -2.15. The number of hydrogen-bond acceptors (Lipinski definition) is 4. The van der Waals surface area contributed by atoms with E-state index in [9.17, 15) is 15.0 Å². The maximum Gasteiger partial charge on any atom is 0.248 e. The van der Waals surface area contributed by atoms with Gasteiger partial charge in [-0.1, -0.05) is 36.4 Å². The smallest absolute Gasteiger partial charge is 0.248 e. The Morgan fingerprint density at radius 2 is 1.81 bits per heavy atom. The highest BCUT2D eigenvalue weighted by Gasteiger charge is 2.13. The van der Waals surface area contributed by atoms with Crippen LogP contribution in [0.1, 0.15) is 30.1 Å². The van der Waals surface area contributed by atoms with Crippen molar-refractivity contribution in [2.24, 2.45) is 0 Å². The number of aliphatic hydroxyl groups excluding tert-OH is 1. The van der Waals surface area contributed by atoms with E-state index in [1.807, 2.05) is 6.07 Å². The maximum absolute atomic E-state index is 11.5. The minimum absolute atomic E-state index is 0.00233. The van der Waals surface area contributed by atoms with Crippen molar-refractivity contribution in [2.45, 2.75) is 25.4 Å². The highest BCUT2D eigenvalue weighted by Crippen LogP contribution is 2.28. The number of benzene rings is 2. The van der Waals surface area contributed by atoms with Crippen LogP contribution in [0.3, 0.4) is 0 Å². The van der Waals surface area contributed by atoms with Gasteiger partial charge in [-0.15, -0.1) is 0 Å². The molecule has 5 heteroatoms. The van der Waals surface area contributed by atoms with Crippen LogP contribution >= 0.6 is 0 Å². The molecule has 1 aromatic heterocycles. The van der Waals surface area contributed by atoms with Crippen molar-refractivity contribution in [3.8, 4) is 5.75 Å². The fourth-order valence-electron chi connectivity index (χ4n) is 3.12. The molecule has 0 aliphatic heterocycles. The first kappa shape index (κ1) is 18.2. The van der Waals surface area contributed by atoms with E-state index in [-0.39, 0.29) is 11.3 Å². The van der Waals surface area contributed by atoms with Crippen molar-refractivity contribution in [3.63, 3.8) is 0 Å². The number of phenols is 1. The molecule has 3 aromatic rings. The second-order valence-corrected chi connectivity index (χ2v) is 6.45. The molecule has 0 amide bonds. The second kappa shape index (κ2) is 8.65. The van der Waals surface area contributed by atoms with Crippen molar-refractivity contribution < 1.29 is 10.2 Å². The number of aryl methyl sites for hydroxylation is 1. The molecule has 0 bridgehead atoms. The fraction of sp³-hybridized carbons (Fsp3) is 0.286. The molecular weight excluding hydrogens is 328 g/mol. The Morgan fingerprint density at radius 3 is 2.62 bits per heavy atom. The number of H-pyrrole nitrogens is 1. The molecule has 1 atom stereocenters. The average Bonchev–Trinajstić information content (AvgIpc) is 2.66. The highest BCUT2D eigenvalue weighted by molar-refractivity contribution is 5.87. The van der Waals surface area contributed by atoms with Crippen molar-refractivity contribution in [2.75, 3.05) is 13.1 Å². The maximum atomic E-state index is 11.5. The van der Waals surface area contributed by atoms with E-state index in [1.165, 1.54) is 17.7 Å².